The van der Waals surface area contributed by atoms with E-state index in [-0.39, 0.29) is 19.4 Å². The summed E-state index contributed by atoms with van der Waals surface area (Å²) >= 11 is 0. The van der Waals surface area contributed by atoms with E-state index in [4.69, 9.17) is 14.2 Å². The molecule has 1 atom stereocenters. The Labute approximate surface area is 206 Å². The SMILES string of the molecule is CCOC(=O)c1ccc(N=NN(C)C(=O)N[C@@H](CCC(=O)OC(C)(C)C)C(=O)OC(C)(C)C)cc1. The molecule has 2 amide bonds. The highest BCUT2D eigenvalue weighted by Gasteiger charge is 2.29. The Bertz CT molecular complexity index is 915. The van der Waals surface area contributed by atoms with Gasteiger partial charge in [-0.25, -0.2) is 14.4 Å². The van der Waals surface area contributed by atoms with Crippen LogP contribution in [0, 0.1) is 0 Å². The molecule has 0 aliphatic rings. The van der Waals surface area contributed by atoms with Crippen molar-refractivity contribution in [2.24, 2.45) is 10.3 Å². The zero-order valence-corrected chi connectivity index (χ0v) is 21.7. The van der Waals surface area contributed by atoms with Crippen LogP contribution in [0.25, 0.3) is 0 Å². The first-order valence-electron chi connectivity index (χ1n) is 11.3. The monoisotopic (exact) mass is 492 g/mol. The van der Waals surface area contributed by atoms with Crippen molar-refractivity contribution in [3.05, 3.63) is 29.8 Å². The number of hydrogen-bond acceptors (Lipinski definition) is 9. The van der Waals surface area contributed by atoms with Gasteiger partial charge in [0.25, 0.3) is 0 Å². The fourth-order valence-corrected chi connectivity index (χ4v) is 2.56. The number of hydrogen-bond donors (Lipinski definition) is 1. The Hall–Kier alpha value is -3.50. The van der Waals surface area contributed by atoms with E-state index in [1.807, 2.05) is 0 Å². The van der Waals surface area contributed by atoms with Crippen LogP contribution in [0.5, 0.6) is 0 Å². The maximum atomic E-state index is 12.6. The second-order valence-electron chi connectivity index (χ2n) is 9.64. The molecule has 11 nitrogen and oxygen atoms in total. The van der Waals surface area contributed by atoms with E-state index in [1.54, 1.807) is 60.6 Å². The van der Waals surface area contributed by atoms with Gasteiger partial charge in [0.1, 0.15) is 17.2 Å². The van der Waals surface area contributed by atoms with Gasteiger partial charge in [0.2, 0.25) is 0 Å². The Balaban J connectivity index is 2.83. The molecule has 0 heterocycles. The number of carbonyl (C=O) groups is 4. The van der Waals surface area contributed by atoms with Crippen LogP contribution in [0.2, 0.25) is 0 Å². The third-order valence-corrected chi connectivity index (χ3v) is 4.01. The molecule has 1 N–H and O–H groups in total. The van der Waals surface area contributed by atoms with Crippen molar-refractivity contribution in [2.45, 2.75) is 78.6 Å². The normalized spacial score (nSPS) is 12.6. The summed E-state index contributed by atoms with van der Waals surface area (Å²) in [6.45, 7) is 12.3. The fourth-order valence-electron chi connectivity index (χ4n) is 2.56. The maximum Gasteiger partial charge on any atom is 0.339 e. The summed E-state index contributed by atoms with van der Waals surface area (Å²) in [7, 11) is 1.35. The molecule has 0 spiro atoms. The predicted molar refractivity (Wildman–Crippen MR) is 128 cm³/mol. The number of ether oxygens (including phenoxy) is 3. The van der Waals surface area contributed by atoms with Gasteiger partial charge in [-0.2, -0.15) is 5.01 Å². The molecule has 0 aliphatic heterocycles. The van der Waals surface area contributed by atoms with Crippen molar-refractivity contribution >= 4 is 29.6 Å². The first-order valence-corrected chi connectivity index (χ1v) is 11.3. The smallest absolute Gasteiger partial charge is 0.339 e. The van der Waals surface area contributed by atoms with Crippen LogP contribution < -0.4 is 5.32 Å². The van der Waals surface area contributed by atoms with E-state index in [0.717, 1.165) is 5.01 Å². The fraction of sp³-hybridized carbons (Fsp3) is 0.583. The van der Waals surface area contributed by atoms with Gasteiger partial charge in [-0.15, -0.1) is 5.11 Å². The number of esters is 3. The average Bonchev–Trinajstić information content (AvgIpc) is 2.72. The summed E-state index contributed by atoms with van der Waals surface area (Å²) in [6, 6.07) is 4.33. The number of amides is 2. The minimum absolute atomic E-state index is 0.0180. The van der Waals surface area contributed by atoms with E-state index >= 15 is 0 Å². The molecule has 0 saturated heterocycles. The summed E-state index contributed by atoms with van der Waals surface area (Å²) < 4.78 is 15.6. The standard InChI is InChI=1S/C24H36N4O7/c1-9-33-20(30)16-10-12-17(13-11-16)26-27-28(8)22(32)25-18(21(31)35-24(5,6)7)14-15-19(29)34-23(2,3)4/h10-13,18H,9,14-15H2,1-8H3,(H,25,32)/t18-/m0/s1. The lowest BCUT2D eigenvalue weighted by Crippen LogP contribution is -2.47. The van der Waals surface area contributed by atoms with Crippen molar-refractivity contribution < 1.29 is 33.4 Å². The molecule has 0 aromatic heterocycles. The lowest BCUT2D eigenvalue weighted by Gasteiger charge is -2.25. The summed E-state index contributed by atoms with van der Waals surface area (Å²) in [5.41, 5.74) is -0.696. The lowest BCUT2D eigenvalue weighted by molar-refractivity contribution is -0.158. The van der Waals surface area contributed by atoms with Gasteiger partial charge in [-0.05, 0) is 79.2 Å². The van der Waals surface area contributed by atoms with Crippen LogP contribution in [-0.4, -0.2) is 59.8 Å². The summed E-state index contributed by atoms with van der Waals surface area (Å²) in [4.78, 5) is 49.0. The molecular weight excluding hydrogens is 456 g/mol. The van der Waals surface area contributed by atoms with Crippen molar-refractivity contribution in [3.8, 4) is 0 Å². The van der Waals surface area contributed by atoms with E-state index in [2.05, 4.69) is 15.7 Å². The maximum absolute atomic E-state index is 12.6. The van der Waals surface area contributed by atoms with E-state index in [9.17, 15) is 19.2 Å². The van der Waals surface area contributed by atoms with Crippen LogP contribution in [0.3, 0.4) is 0 Å². The minimum atomic E-state index is -1.10. The van der Waals surface area contributed by atoms with Gasteiger partial charge in [-0.3, -0.25) is 4.79 Å². The number of carbonyl (C=O) groups excluding carboxylic acids is 4. The van der Waals surface area contributed by atoms with Gasteiger partial charge in [0.15, 0.2) is 0 Å². The Morgan fingerprint density at radius 3 is 2.06 bits per heavy atom. The highest BCUT2D eigenvalue weighted by Crippen LogP contribution is 2.16. The summed E-state index contributed by atoms with van der Waals surface area (Å²) in [6.07, 6.45) is -0.116. The Morgan fingerprint density at radius 2 is 1.54 bits per heavy atom. The molecule has 0 unspecified atom stereocenters. The van der Waals surface area contributed by atoms with Crippen LogP contribution in [0.15, 0.2) is 34.6 Å². The van der Waals surface area contributed by atoms with E-state index < -0.39 is 41.2 Å². The topological polar surface area (TPSA) is 136 Å². The summed E-state index contributed by atoms with van der Waals surface area (Å²) in [5, 5.41) is 11.2. The molecule has 194 valence electrons. The molecule has 11 heteroatoms. The van der Waals surface area contributed by atoms with Crippen molar-refractivity contribution in [3.63, 3.8) is 0 Å². The highest BCUT2D eigenvalue weighted by molar-refractivity contribution is 5.89. The molecule has 0 saturated carbocycles. The first-order chi connectivity index (χ1) is 16.1. The number of rotatable bonds is 9. The molecule has 1 aromatic rings. The molecule has 0 aliphatic carbocycles. The number of nitrogens with one attached hydrogen (secondary N) is 1. The quantitative estimate of drug-likeness (QED) is 0.234. The molecular formula is C24H36N4O7. The highest BCUT2D eigenvalue weighted by atomic mass is 16.6. The van der Waals surface area contributed by atoms with Gasteiger partial charge >= 0.3 is 23.9 Å². The predicted octanol–water partition coefficient (Wildman–Crippen LogP) is 4.34. The van der Waals surface area contributed by atoms with Crippen molar-refractivity contribution in [1.82, 2.24) is 10.3 Å². The lowest BCUT2D eigenvalue weighted by atomic mass is 10.1. The average molecular weight is 493 g/mol. The van der Waals surface area contributed by atoms with Gasteiger partial charge in [-0.1, -0.05) is 5.22 Å². The van der Waals surface area contributed by atoms with Gasteiger partial charge < -0.3 is 19.5 Å². The minimum Gasteiger partial charge on any atom is -0.462 e. The molecule has 0 radical (unpaired) electrons. The Morgan fingerprint density at radius 1 is 0.971 bits per heavy atom. The van der Waals surface area contributed by atoms with Crippen LogP contribution in [0.1, 0.15) is 71.7 Å². The Kier molecular flexibility index (Phi) is 10.8. The van der Waals surface area contributed by atoms with Gasteiger partial charge in [0.05, 0.1) is 17.9 Å². The molecule has 1 aromatic carbocycles. The number of nitrogens with zero attached hydrogens (tertiary/aromatic N) is 3. The molecule has 1 rings (SSSR count). The molecule has 35 heavy (non-hydrogen) atoms. The number of benzene rings is 1. The van der Waals surface area contributed by atoms with Crippen LogP contribution >= 0.6 is 0 Å². The first kappa shape index (κ1) is 29.5. The molecule has 0 fully saturated rings. The van der Waals surface area contributed by atoms with E-state index in [0.29, 0.717) is 11.3 Å². The van der Waals surface area contributed by atoms with E-state index in [1.165, 1.54) is 19.2 Å². The zero-order chi connectivity index (χ0) is 26.8. The van der Waals surface area contributed by atoms with Crippen LogP contribution in [0.4, 0.5) is 10.5 Å². The van der Waals surface area contributed by atoms with Gasteiger partial charge in [0, 0.05) is 13.5 Å². The second-order valence-corrected chi connectivity index (χ2v) is 9.64. The van der Waals surface area contributed by atoms with Crippen LogP contribution in [-0.2, 0) is 23.8 Å². The summed E-state index contributed by atoms with van der Waals surface area (Å²) in [5.74, 6) is -1.64. The third kappa shape index (κ3) is 12.0. The second kappa shape index (κ2) is 12.8. The number of urea groups is 1. The molecule has 0 bridgehead atoms. The third-order valence-electron chi connectivity index (χ3n) is 4.01. The largest absolute Gasteiger partial charge is 0.462 e. The van der Waals surface area contributed by atoms with Crippen molar-refractivity contribution in [2.75, 3.05) is 13.7 Å². The zero-order valence-electron chi connectivity index (χ0n) is 21.7. The van der Waals surface area contributed by atoms with Crippen molar-refractivity contribution in [1.29, 1.82) is 0 Å².